The van der Waals surface area contributed by atoms with Gasteiger partial charge in [-0.05, 0) is 37.4 Å². The van der Waals surface area contributed by atoms with Crippen LogP contribution in [0.1, 0.15) is 17.4 Å². The maximum Gasteiger partial charge on any atom is 0.412 e. The number of ketones is 1. The Balaban J connectivity index is 1.76. The molecule has 0 saturated heterocycles. The van der Waals surface area contributed by atoms with E-state index in [9.17, 15) is 19.1 Å². The van der Waals surface area contributed by atoms with Gasteiger partial charge in [0.2, 0.25) is 0 Å². The van der Waals surface area contributed by atoms with E-state index in [2.05, 4.69) is 20.0 Å². The summed E-state index contributed by atoms with van der Waals surface area (Å²) in [4.78, 5) is 26.4. The van der Waals surface area contributed by atoms with Crippen molar-refractivity contribution in [3.8, 4) is 0 Å². The Kier molecular flexibility index (Phi) is 6.75. The number of para-hydroxylation sites is 1. The molecule has 3 rings (SSSR count). The van der Waals surface area contributed by atoms with E-state index in [0.29, 0.717) is 16.9 Å². The molecule has 1 aromatic carbocycles. The van der Waals surface area contributed by atoms with Crippen molar-refractivity contribution >= 4 is 54.1 Å². The second-order valence-electron chi connectivity index (χ2n) is 6.82. The van der Waals surface area contributed by atoms with Crippen LogP contribution in [0.4, 0.5) is 19.9 Å². The highest BCUT2D eigenvalue weighted by Crippen LogP contribution is 2.36. The molecular formula is C20H24FN4O3PS. The fourth-order valence-electron chi connectivity index (χ4n) is 3.27. The third-order valence-electron chi connectivity index (χ3n) is 4.84. The second-order valence-corrected chi connectivity index (χ2v) is 8.68. The highest BCUT2D eigenvalue weighted by molar-refractivity contribution is 7.28. The van der Waals surface area contributed by atoms with Gasteiger partial charge in [-0.3, -0.25) is 9.69 Å². The quantitative estimate of drug-likeness (QED) is 0.563. The number of benzene rings is 1. The van der Waals surface area contributed by atoms with E-state index >= 15 is 0 Å². The number of aryl methyl sites for hydroxylation is 1. The number of carbonyl (C=O) groups is 2. The number of nitrogens with one attached hydrogen (secondary N) is 2. The summed E-state index contributed by atoms with van der Waals surface area (Å²) in [5.74, 6) is -0.554. The standard InChI is InChI=1S/C20H24FN4O3PS/c1-4-25(20(27)28)18-8-12(11(2)30-18)15-9-14(23-24(15)3)16(26)10-22-19-13(21)6-5-7-17(19)29/h5-9,14,22-23H,4,10,29H2,1-3H3,(H,27,28). The maximum atomic E-state index is 14.0. The summed E-state index contributed by atoms with van der Waals surface area (Å²) < 4.78 is 14.0. The zero-order valence-corrected chi connectivity index (χ0v) is 18.9. The molecule has 0 bridgehead atoms. The van der Waals surface area contributed by atoms with Crippen LogP contribution in [0.25, 0.3) is 5.70 Å². The minimum Gasteiger partial charge on any atom is -0.465 e. The van der Waals surface area contributed by atoms with Crippen LogP contribution in [0.3, 0.4) is 0 Å². The van der Waals surface area contributed by atoms with Crippen molar-refractivity contribution in [1.82, 2.24) is 10.4 Å². The number of carboxylic acid groups (broad SMARTS) is 1. The van der Waals surface area contributed by atoms with E-state index in [-0.39, 0.29) is 18.0 Å². The fourth-order valence-corrected chi connectivity index (χ4v) is 4.70. The smallest absolute Gasteiger partial charge is 0.412 e. The normalized spacial score (nSPS) is 15.8. The van der Waals surface area contributed by atoms with E-state index in [1.54, 1.807) is 31.1 Å². The molecule has 160 valence electrons. The molecule has 7 nitrogen and oxygen atoms in total. The van der Waals surface area contributed by atoms with Gasteiger partial charge < -0.3 is 15.4 Å². The molecule has 1 aliphatic rings. The van der Waals surface area contributed by atoms with Gasteiger partial charge in [-0.2, -0.15) is 0 Å². The number of nitrogens with zero attached hydrogens (tertiary/aromatic N) is 2. The molecule has 30 heavy (non-hydrogen) atoms. The lowest BCUT2D eigenvalue weighted by Crippen LogP contribution is -2.41. The minimum absolute atomic E-state index is 0.0336. The number of thiophene rings is 1. The molecule has 2 heterocycles. The number of Topliss-reactive ketones (excluding diaryl/α,β-unsaturated/α-hetero) is 1. The fraction of sp³-hybridized carbons (Fsp3) is 0.300. The van der Waals surface area contributed by atoms with Gasteiger partial charge in [0.15, 0.2) is 5.78 Å². The summed E-state index contributed by atoms with van der Waals surface area (Å²) in [5.41, 5.74) is 5.06. The highest BCUT2D eigenvalue weighted by atomic mass is 32.1. The number of amides is 1. The van der Waals surface area contributed by atoms with Crippen LogP contribution in [-0.4, -0.2) is 48.2 Å². The monoisotopic (exact) mass is 450 g/mol. The summed E-state index contributed by atoms with van der Waals surface area (Å²) in [5, 5.41) is 15.3. The average molecular weight is 450 g/mol. The minimum atomic E-state index is -1.00. The predicted octanol–water partition coefficient (Wildman–Crippen LogP) is 3.04. The molecule has 0 fully saturated rings. The number of hydrogen-bond donors (Lipinski definition) is 3. The van der Waals surface area contributed by atoms with Crippen molar-refractivity contribution in [2.24, 2.45) is 0 Å². The highest BCUT2D eigenvalue weighted by Gasteiger charge is 2.29. The number of anilines is 2. The molecule has 0 aliphatic carbocycles. The van der Waals surface area contributed by atoms with Gasteiger partial charge in [-0.25, -0.2) is 14.6 Å². The van der Waals surface area contributed by atoms with Crippen molar-refractivity contribution in [2.75, 3.05) is 30.4 Å². The number of carbonyl (C=O) groups excluding carboxylic acids is 1. The number of hydrogen-bond acceptors (Lipinski definition) is 6. The lowest BCUT2D eigenvalue weighted by atomic mass is 10.1. The van der Waals surface area contributed by atoms with Gasteiger partial charge >= 0.3 is 6.09 Å². The number of hydrazine groups is 1. The van der Waals surface area contributed by atoms with E-state index in [0.717, 1.165) is 16.1 Å². The Labute approximate surface area is 180 Å². The van der Waals surface area contributed by atoms with Crippen LogP contribution in [0.2, 0.25) is 0 Å². The molecule has 0 spiro atoms. The van der Waals surface area contributed by atoms with Crippen molar-refractivity contribution in [1.29, 1.82) is 0 Å². The molecule has 3 N–H and O–H groups in total. The van der Waals surface area contributed by atoms with Crippen molar-refractivity contribution < 1.29 is 19.1 Å². The topological polar surface area (TPSA) is 84.9 Å². The zero-order chi connectivity index (χ0) is 22.0. The Morgan fingerprint density at radius 3 is 2.80 bits per heavy atom. The molecule has 1 aliphatic heterocycles. The van der Waals surface area contributed by atoms with Crippen molar-refractivity contribution in [3.63, 3.8) is 0 Å². The SMILES string of the molecule is CCN(C(=O)O)c1cc(C2=CC(C(=O)CNc3c(F)cccc3P)NN2C)c(C)s1. The van der Waals surface area contributed by atoms with Crippen molar-refractivity contribution in [3.05, 3.63) is 46.6 Å². The maximum absolute atomic E-state index is 14.0. The van der Waals surface area contributed by atoms with Crippen LogP contribution in [0, 0.1) is 12.7 Å². The number of halogens is 1. The summed E-state index contributed by atoms with van der Waals surface area (Å²) in [7, 11) is 4.25. The first-order valence-corrected chi connectivity index (χ1v) is 10.8. The summed E-state index contributed by atoms with van der Waals surface area (Å²) in [6.07, 6.45) is 0.806. The largest absolute Gasteiger partial charge is 0.465 e. The van der Waals surface area contributed by atoms with Crippen LogP contribution < -0.4 is 20.9 Å². The Morgan fingerprint density at radius 1 is 1.43 bits per heavy atom. The molecule has 10 heteroatoms. The Hall–Kier alpha value is -2.48. The van der Waals surface area contributed by atoms with Crippen LogP contribution >= 0.6 is 20.6 Å². The Morgan fingerprint density at radius 2 is 2.17 bits per heavy atom. The first kappa shape index (κ1) is 22.2. The van der Waals surface area contributed by atoms with Crippen LogP contribution in [-0.2, 0) is 4.79 Å². The van der Waals surface area contributed by atoms with Gasteiger partial charge in [-0.1, -0.05) is 12.1 Å². The molecule has 1 aromatic heterocycles. The molecule has 2 atom stereocenters. The molecule has 1 amide bonds. The molecule has 2 unspecified atom stereocenters. The number of rotatable bonds is 7. The zero-order valence-electron chi connectivity index (χ0n) is 16.9. The first-order chi connectivity index (χ1) is 14.2. The third-order valence-corrected chi connectivity index (χ3v) is 6.40. The summed E-state index contributed by atoms with van der Waals surface area (Å²) in [6.45, 7) is 4.02. The van der Waals surface area contributed by atoms with Crippen molar-refractivity contribution in [2.45, 2.75) is 19.9 Å². The average Bonchev–Trinajstić information content (AvgIpc) is 3.24. The third kappa shape index (κ3) is 4.48. The molecular weight excluding hydrogens is 426 g/mol. The van der Waals surface area contributed by atoms with E-state index in [1.807, 2.05) is 19.1 Å². The van der Waals surface area contributed by atoms with Gasteiger partial charge in [0.1, 0.15) is 16.9 Å². The lowest BCUT2D eigenvalue weighted by molar-refractivity contribution is -0.118. The van der Waals surface area contributed by atoms with E-state index < -0.39 is 18.0 Å². The second kappa shape index (κ2) is 9.12. The first-order valence-electron chi connectivity index (χ1n) is 9.36. The molecule has 2 aromatic rings. The van der Waals surface area contributed by atoms with E-state index in [4.69, 9.17) is 0 Å². The van der Waals surface area contributed by atoms with E-state index in [1.165, 1.54) is 22.3 Å². The Bertz CT molecular complexity index is 990. The van der Waals surface area contributed by atoms with Gasteiger partial charge in [0, 0.05) is 24.0 Å². The van der Waals surface area contributed by atoms with Gasteiger partial charge in [0.25, 0.3) is 0 Å². The van der Waals surface area contributed by atoms with Crippen LogP contribution in [0.15, 0.2) is 30.3 Å². The summed E-state index contributed by atoms with van der Waals surface area (Å²) in [6, 6.07) is 5.95. The summed E-state index contributed by atoms with van der Waals surface area (Å²) >= 11 is 1.39. The predicted molar refractivity (Wildman–Crippen MR) is 122 cm³/mol. The van der Waals surface area contributed by atoms with Gasteiger partial charge in [0.05, 0.1) is 17.9 Å². The van der Waals surface area contributed by atoms with Gasteiger partial charge in [-0.15, -0.1) is 20.6 Å². The lowest BCUT2D eigenvalue weighted by Gasteiger charge is -2.18. The molecule has 0 radical (unpaired) electrons. The molecule has 0 saturated carbocycles. The van der Waals surface area contributed by atoms with Crippen LogP contribution in [0.5, 0.6) is 0 Å².